The lowest BCUT2D eigenvalue weighted by Gasteiger charge is -2.11. The quantitative estimate of drug-likeness (QED) is 0.876. The zero-order valence-electron chi connectivity index (χ0n) is 10.5. The van der Waals surface area contributed by atoms with Crippen LogP contribution >= 0.6 is 0 Å². The molecule has 1 saturated carbocycles. The fourth-order valence-corrected chi connectivity index (χ4v) is 2.21. The Kier molecular flexibility index (Phi) is 2.90. The van der Waals surface area contributed by atoms with Crippen LogP contribution in [0.1, 0.15) is 37.8 Å². The SMILES string of the molecule is CCCNc1cc(C2CC2)nc2ccc(F)cc12. The highest BCUT2D eigenvalue weighted by atomic mass is 19.1. The van der Waals surface area contributed by atoms with Gasteiger partial charge in [-0.15, -0.1) is 0 Å². The molecular formula is C15H17FN2. The molecule has 1 fully saturated rings. The second kappa shape index (κ2) is 4.56. The van der Waals surface area contributed by atoms with Crippen molar-refractivity contribution in [1.82, 2.24) is 4.98 Å². The minimum Gasteiger partial charge on any atom is -0.384 e. The van der Waals surface area contributed by atoms with Gasteiger partial charge in [0.2, 0.25) is 0 Å². The van der Waals surface area contributed by atoms with Crippen molar-refractivity contribution in [2.45, 2.75) is 32.1 Å². The molecule has 94 valence electrons. The lowest BCUT2D eigenvalue weighted by atomic mass is 10.1. The van der Waals surface area contributed by atoms with Gasteiger partial charge in [0.25, 0.3) is 0 Å². The molecule has 1 aliphatic rings. The number of pyridine rings is 1. The van der Waals surface area contributed by atoms with Gasteiger partial charge in [-0.25, -0.2) is 4.39 Å². The highest BCUT2D eigenvalue weighted by Crippen LogP contribution is 2.41. The Morgan fingerprint density at radius 2 is 2.17 bits per heavy atom. The first-order chi connectivity index (χ1) is 8.78. The maximum Gasteiger partial charge on any atom is 0.124 e. The van der Waals surface area contributed by atoms with E-state index in [0.29, 0.717) is 5.92 Å². The average Bonchev–Trinajstić information content (AvgIpc) is 3.20. The van der Waals surface area contributed by atoms with Crippen molar-refractivity contribution in [3.63, 3.8) is 0 Å². The van der Waals surface area contributed by atoms with E-state index in [4.69, 9.17) is 0 Å². The molecule has 1 N–H and O–H groups in total. The van der Waals surface area contributed by atoms with Crippen molar-refractivity contribution in [3.05, 3.63) is 35.8 Å². The summed E-state index contributed by atoms with van der Waals surface area (Å²) >= 11 is 0. The van der Waals surface area contributed by atoms with E-state index in [1.54, 1.807) is 12.1 Å². The van der Waals surface area contributed by atoms with Gasteiger partial charge in [0, 0.05) is 29.2 Å². The predicted octanol–water partition coefficient (Wildman–Crippen LogP) is 4.07. The summed E-state index contributed by atoms with van der Waals surface area (Å²) in [6.07, 6.45) is 3.51. The largest absolute Gasteiger partial charge is 0.384 e. The Morgan fingerprint density at radius 3 is 2.89 bits per heavy atom. The first-order valence-electron chi connectivity index (χ1n) is 6.62. The van der Waals surface area contributed by atoms with Crippen molar-refractivity contribution in [3.8, 4) is 0 Å². The molecule has 0 saturated heterocycles. The zero-order chi connectivity index (χ0) is 12.5. The van der Waals surface area contributed by atoms with Crippen LogP contribution in [-0.2, 0) is 0 Å². The van der Waals surface area contributed by atoms with E-state index in [1.807, 2.05) is 0 Å². The summed E-state index contributed by atoms with van der Waals surface area (Å²) in [5.74, 6) is 0.407. The van der Waals surface area contributed by atoms with Gasteiger partial charge < -0.3 is 5.32 Å². The van der Waals surface area contributed by atoms with E-state index in [2.05, 4.69) is 23.3 Å². The molecule has 18 heavy (non-hydrogen) atoms. The fourth-order valence-electron chi connectivity index (χ4n) is 2.21. The lowest BCUT2D eigenvalue weighted by Crippen LogP contribution is -2.02. The van der Waals surface area contributed by atoms with Crippen LogP contribution in [0, 0.1) is 5.82 Å². The zero-order valence-corrected chi connectivity index (χ0v) is 10.5. The third-order valence-corrected chi connectivity index (χ3v) is 3.35. The highest BCUT2D eigenvalue weighted by molar-refractivity contribution is 5.91. The summed E-state index contributed by atoms with van der Waals surface area (Å²) in [6, 6.07) is 6.91. The Labute approximate surface area is 106 Å². The lowest BCUT2D eigenvalue weighted by molar-refractivity contribution is 0.629. The van der Waals surface area contributed by atoms with E-state index in [1.165, 1.54) is 18.9 Å². The molecule has 0 aliphatic heterocycles. The molecule has 1 aromatic heterocycles. The summed E-state index contributed by atoms with van der Waals surface area (Å²) in [4.78, 5) is 4.64. The maximum atomic E-state index is 13.4. The average molecular weight is 244 g/mol. The van der Waals surface area contributed by atoms with Crippen LogP contribution in [0.5, 0.6) is 0 Å². The van der Waals surface area contributed by atoms with Gasteiger partial charge in [-0.2, -0.15) is 0 Å². The van der Waals surface area contributed by atoms with Crippen LogP contribution in [0.15, 0.2) is 24.3 Å². The molecule has 0 amide bonds. The number of fused-ring (bicyclic) bond motifs is 1. The molecule has 1 heterocycles. The Bertz CT molecular complexity index is 576. The van der Waals surface area contributed by atoms with Crippen LogP contribution < -0.4 is 5.32 Å². The number of rotatable bonds is 4. The number of nitrogens with one attached hydrogen (secondary N) is 1. The number of benzene rings is 1. The second-order valence-electron chi connectivity index (χ2n) is 4.96. The van der Waals surface area contributed by atoms with Gasteiger partial charge in [0.1, 0.15) is 5.82 Å². The van der Waals surface area contributed by atoms with Gasteiger partial charge >= 0.3 is 0 Å². The van der Waals surface area contributed by atoms with Crippen molar-refractivity contribution < 1.29 is 4.39 Å². The number of hydrogen-bond donors (Lipinski definition) is 1. The van der Waals surface area contributed by atoms with E-state index in [0.717, 1.165) is 35.2 Å². The van der Waals surface area contributed by atoms with Crippen molar-refractivity contribution >= 4 is 16.6 Å². The molecule has 3 heteroatoms. The van der Waals surface area contributed by atoms with Crippen molar-refractivity contribution in [1.29, 1.82) is 0 Å². The summed E-state index contributed by atoms with van der Waals surface area (Å²) < 4.78 is 13.4. The minimum absolute atomic E-state index is 0.206. The summed E-state index contributed by atoms with van der Waals surface area (Å²) in [5, 5.41) is 4.26. The van der Waals surface area contributed by atoms with Crippen LogP contribution in [0.3, 0.4) is 0 Å². The van der Waals surface area contributed by atoms with E-state index >= 15 is 0 Å². The van der Waals surface area contributed by atoms with Gasteiger partial charge in [-0.1, -0.05) is 6.92 Å². The maximum absolute atomic E-state index is 13.4. The summed E-state index contributed by atoms with van der Waals surface area (Å²) in [6.45, 7) is 3.03. The van der Waals surface area contributed by atoms with Crippen LogP contribution in [0.2, 0.25) is 0 Å². The van der Waals surface area contributed by atoms with E-state index < -0.39 is 0 Å². The van der Waals surface area contributed by atoms with Crippen molar-refractivity contribution in [2.24, 2.45) is 0 Å². The Hall–Kier alpha value is -1.64. The third-order valence-electron chi connectivity index (χ3n) is 3.35. The highest BCUT2D eigenvalue weighted by Gasteiger charge is 2.25. The van der Waals surface area contributed by atoms with Crippen molar-refractivity contribution in [2.75, 3.05) is 11.9 Å². The van der Waals surface area contributed by atoms with E-state index in [-0.39, 0.29) is 5.82 Å². The monoisotopic (exact) mass is 244 g/mol. The number of hydrogen-bond acceptors (Lipinski definition) is 2. The topological polar surface area (TPSA) is 24.9 Å². The summed E-state index contributed by atoms with van der Waals surface area (Å²) in [5.41, 5.74) is 3.05. The molecule has 1 aliphatic carbocycles. The van der Waals surface area contributed by atoms with Crippen LogP contribution in [0.4, 0.5) is 10.1 Å². The standard InChI is InChI=1S/C15H17FN2/c1-2-7-17-15-9-14(10-3-4-10)18-13-6-5-11(16)8-12(13)15/h5-6,8-10H,2-4,7H2,1H3,(H,17,18). The summed E-state index contributed by atoms with van der Waals surface area (Å²) in [7, 11) is 0. The Balaban J connectivity index is 2.11. The first kappa shape index (κ1) is 11.5. The van der Waals surface area contributed by atoms with Crippen LogP contribution in [-0.4, -0.2) is 11.5 Å². The molecule has 2 nitrogen and oxygen atoms in total. The van der Waals surface area contributed by atoms with Gasteiger partial charge in [-0.3, -0.25) is 4.98 Å². The van der Waals surface area contributed by atoms with Gasteiger partial charge in [0.05, 0.1) is 5.52 Å². The second-order valence-corrected chi connectivity index (χ2v) is 4.96. The Morgan fingerprint density at radius 1 is 1.33 bits per heavy atom. The smallest absolute Gasteiger partial charge is 0.124 e. The number of halogens is 1. The molecule has 0 radical (unpaired) electrons. The number of nitrogens with zero attached hydrogens (tertiary/aromatic N) is 1. The fraction of sp³-hybridized carbons (Fsp3) is 0.400. The molecule has 0 atom stereocenters. The molecule has 2 aromatic rings. The molecule has 1 aromatic carbocycles. The first-order valence-corrected chi connectivity index (χ1v) is 6.62. The molecule has 0 unspecified atom stereocenters. The van der Waals surface area contributed by atoms with E-state index in [9.17, 15) is 4.39 Å². The molecule has 0 spiro atoms. The molecular weight excluding hydrogens is 227 g/mol. The third kappa shape index (κ3) is 2.17. The van der Waals surface area contributed by atoms with Gasteiger partial charge in [0.15, 0.2) is 0 Å². The normalized spacial score (nSPS) is 15.0. The number of aromatic nitrogens is 1. The predicted molar refractivity (Wildman–Crippen MR) is 72.5 cm³/mol. The molecule has 0 bridgehead atoms. The number of anilines is 1. The molecule has 3 rings (SSSR count). The van der Waals surface area contributed by atoms with Gasteiger partial charge in [-0.05, 0) is 43.5 Å². The minimum atomic E-state index is -0.206. The van der Waals surface area contributed by atoms with Crippen LogP contribution in [0.25, 0.3) is 10.9 Å².